The van der Waals surface area contributed by atoms with E-state index in [1.165, 1.54) is 18.1 Å². The number of nitrogens with one attached hydrogen (secondary N) is 1. The third kappa shape index (κ3) is 8.27. The third-order valence-corrected chi connectivity index (χ3v) is 4.35. The molecule has 146 valence electrons. The van der Waals surface area contributed by atoms with E-state index in [4.69, 9.17) is 9.47 Å². The molecule has 2 rings (SSSR count). The van der Waals surface area contributed by atoms with E-state index in [9.17, 15) is 4.79 Å². The molecule has 0 aromatic heterocycles. The van der Waals surface area contributed by atoms with Crippen molar-refractivity contribution in [2.45, 2.75) is 52.2 Å². The molecule has 0 amide bonds. The molecule has 4 heteroatoms. The lowest BCUT2D eigenvalue weighted by Gasteiger charge is -2.19. The minimum Gasteiger partial charge on any atom is -0.489 e. The van der Waals surface area contributed by atoms with Crippen molar-refractivity contribution in [1.82, 2.24) is 5.32 Å². The summed E-state index contributed by atoms with van der Waals surface area (Å²) in [6, 6.07) is 18.9. The molecule has 0 aliphatic rings. The highest BCUT2D eigenvalue weighted by atomic mass is 16.5. The first-order valence-electron chi connectivity index (χ1n) is 9.82. The van der Waals surface area contributed by atoms with Crippen LogP contribution in [0.15, 0.2) is 54.6 Å². The molecule has 1 N–H and O–H groups in total. The Balaban J connectivity index is 1.85. The quantitative estimate of drug-likeness (QED) is 0.421. The number of ether oxygens (including phenoxy) is 2. The van der Waals surface area contributed by atoms with Gasteiger partial charge < -0.3 is 14.8 Å². The van der Waals surface area contributed by atoms with Gasteiger partial charge in [-0.2, -0.15) is 0 Å². The van der Waals surface area contributed by atoms with Crippen molar-refractivity contribution in [3.63, 3.8) is 0 Å². The number of hydrogen-bond acceptors (Lipinski definition) is 4. The van der Waals surface area contributed by atoms with Crippen molar-refractivity contribution in [2.75, 3.05) is 13.2 Å². The Morgan fingerprint density at radius 3 is 2.63 bits per heavy atom. The van der Waals surface area contributed by atoms with E-state index >= 15 is 0 Å². The van der Waals surface area contributed by atoms with Crippen LogP contribution < -0.4 is 10.1 Å². The third-order valence-electron chi connectivity index (χ3n) is 4.35. The van der Waals surface area contributed by atoms with Crippen LogP contribution in [-0.4, -0.2) is 19.1 Å². The molecule has 0 bridgehead atoms. The Morgan fingerprint density at radius 1 is 1.07 bits per heavy atom. The predicted octanol–water partition coefficient (Wildman–Crippen LogP) is 5.04. The Hall–Kier alpha value is -2.33. The fraction of sp³-hybridized carbons (Fsp3) is 0.435. The van der Waals surface area contributed by atoms with Gasteiger partial charge in [-0.1, -0.05) is 55.8 Å². The van der Waals surface area contributed by atoms with Gasteiger partial charge in [0.05, 0.1) is 6.61 Å². The summed E-state index contributed by atoms with van der Waals surface area (Å²) in [6.07, 6.45) is 4.05. The normalized spacial score (nSPS) is 11.8. The van der Waals surface area contributed by atoms with Crippen LogP contribution in [0.2, 0.25) is 0 Å². The van der Waals surface area contributed by atoms with Crippen molar-refractivity contribution in [3.8, 4) is 5.75 Å². The number of rotatable bonds is 12. The first-order chi connectivity index (χ1) is 13.2. The SMILES string of the molecule is CCCC(NCCCCOC(C)=O)c1cccc(OCc2ccccc2)c1. The van der Waals surface area contributed by atoms with E-state index in [2.05, 4.69) is 42.6 Å². The van der Waals surface area contributed by atoms with E-state index in [-0.39, 0.29) is 5.97 Å². The smallest absolute Gasteiger partial charge is 0.302 e. The minimum absolute atomic E-state index is 0.209. The molecule has 1 atom stereocenters. The summed E-state index contributed by atoms with van der Waals surface area (Å²) in [4.78, 5) is 10.8. The van der Waals surface area contributed by atoms with Crippen molar-refractivity contribution in [1.29, 1.82) is 0 Å². The highest BCUT2D eigenvalue weighted by Crippen LogP contribution is 2.23. The van der Waals surface area contributed by atoms with Crippen molar-refractivity contribution in [3.05, 3.63) is 65.7 Å². The Labute approximate surface area is 162 Å². The van der Waals surface area contributed by atoms with E-state index in [1.807, 2.05) is 24.3 Å². The maximum atomic E-state index is 10.8. The molecule has 2 aromatic rings. The van der Waals surface area contributed by atoms with Gasteiger partial charge in [-0.3, -0.25) is 4.79 Å². The lowest BCUT2D eigenvalue weighted by Crippen LogP contribution is -2.22. The summed E-state index contributed by atoms with van der Waals surface area (Å²) in [5.74, 6) is 0.688. The lowest BCUT2D eigenvalue weighted by atomic mass is 10.0. The topological polar surface area (TPSA) is 47.6 Å². The number of unbranched alkanes of at least 4 members (excludes halogenated alkanes) is 1. The molecular weight excluding hydrogens is 338 g/mol. The molecule has 1 unspecified atom stereocenters. The van der Waals surface area contributed by atoms with Gasteiger partial charge in [0.15, 0.2) is 0 Å². The lowest BCUT2D eigenvalue weighted by molar-refractivity contribution is -0.141. The first kappa shape index (κ1) is 21.0. The molecule has 0 radical (unpaired) electrons. The summed E-state index contributed by atoms with van der Waals surface area (Å²) >= 11 is 0. The number of esters is 1. The van der Waals surface area contributed by atoms with Gasteiger partial charge in [0.2, 0.25) is 0 Å². The van der Waals surface area contributed by atoms with E-state index < -0.39 is 0 Å². The summed E-state index contributed by atoms with van der Waals surface area (Å²) in [6.45, 7) is 5.62. The molecule has 0 saturated carbocycles. The van der Waals surface area contributed by atoms with Gasteiger partial charge in [0.25, 0.3) is 0 Å². The van der Waals surface area contributed by atoms with Crippen LogP contribution in [-0.2, 0) is 16.1 Å². The Bertz CT molecular complexity index is 672. The van der Waals surface area contributed by atoms with Gasteiger partial charge in [-0.05, 0) is 49.1 Å². The van der Waals surface area contributed by atoms with Gasteiger partial charge in [0.1, 0.15) is 12.4 Å². The monoisotopic (exact) mass is 369 g/mol. The molecule has 0 saturated heterocycles. The molecule has 4 nitrogen and oxygen atoms in total. The van der Waals surface area contributed by atoms with Crippen LogP contribution in [0.5, 0.6) is 5.75 Å². The number of hydrogen-bond donors (Lipinski definition) is 1. The fourth-order valence-corrected chi connectivity index (χ4v) is 2.96. The molecule has 0 spiro atoms. The first-order valence-corrected chi connectivity index (χ1v) is 9.82. The van der Waals surface area contributed by atoms with Gasteiger partial charge in [-0.25, -0.2) is 0 Å². The molecule has 0 fully saturated rings. The van der Waals surface area contributed by atoms with Crippen LogP contribution in [0.3, 0.4) is 0 Å². The van der Waals surface area contributed by atoms with Crippen LogP contribution in [0.25, 0.3) is 0 Å². The van der Waals surface area contributed by atoms with Crippen LogP contribution in [0, 0.1) is 0 Å². The number of benzene rings is 2. The second-order valence-corrected chi connectivity index (χ2v) is 6.69. The molecular formula is C23H31NO3. The van der Waals surface area contributed by atoms with Gasteiger partial charge in [0, 0.05) is 13.0 Å². The van der Waals surface area contributed by atoms with Gasteiger partial charge in [-0.15, -0.1) is 0 Å². The molecule has 27 heavy (non-hydrogen) atoms. The number of carbonyl (C=O) groups excluding carboxylic acids is 1. The van der Waals surface area contributed by atoms with E-state index in [0.29, 0.717) is 19.3 Å². The number of carbonyl (C=O) groups is 1. The van der Waals surface area contributed by atoms with Crippen molar-refractivity contribution in [2.24, 2.45) is 0 Å². The molecule has 0 heterocycles. The zero-order valence-corrected chi connectivity index (χ0v) is 16.4. The molecule has 0 aliphatic heterocycles. The molecule has 0 aliphatic carbocycles. The Kier molecular flexibility index (Phi) is 9.42. The average Bonchev–Trinajstić information content (AvgIpc) is 2.69. The van der Waals surface area contributed by atoms with Crippen molar-refractivity contribution < 1.29 is 14.3 Å². The second-order valence-electron chi connectivity index (χ2n) is 6.69. The maximum Gasteiger partial charge on any atom is 0.302 e. The largest absolute Gasteiger partial charge is 0.489 e. The fourth-order valence-electron chi connectivity index (χ4n) is 2.96. The standard InChI is InChI=1S/C23H31NO3/c1-3-10-23(24-15-7-8-16-26-19(2)25)21-13-9-14-22(17-21)27-18-20-11-5-4-6-12-20/h4-6,9,11-14,17,23-24H,3,7-8,10,15-16,18H2,1-2H3. The van der Waals surface area contributed by atoms with Crippen molar-refractivity contribution >= 4 is 5.97 Å². The maximum absolute atomic E-state index is 10.8. The van der Waals surface area contributed by atoms with E-state index in [1.54, 1.807) is 0 Å². The van der Waals surface area contributed by atoms with Crippen LogP contribution in [0.1, 0.15) is 56.7 Å². The highest BCUT2D eigenvalue weighted by Gasteiger charge is 2.11. The van der Waals surface area contributed by atoms with E-state index in [0.717, 1.165) is 38.0 Å². The minimum atomic E-state index is -0.209. The predicted molar refractivity (Wildman–Crippen MR) is 109 cm³/mol. The Morgan fingerprint density at radius 2 is 1.89 bits per heavy atom. The summed E-state index contributed by atoms with van der Waals surface area (Å²) in [5.41, 5.74) is 2.42. The zero-order chi connectivity index (χ0) is 19.3. The average molecular weight is 370 g/mol. The summed E-state index contributed by atoms with van der Waals surface area (Å²) < 4.78 is 10.9. The zero-order valence-electron chi connectivity index (χ0n) is 16.4. The molecule has 2 aromatic carbocycles. The summed E-state index contributed by atoms with van der Waals surface area (Å²) in [5, 5.41) is 3.63. The van der Waals surface area contributed by atoms with Crippen LogP contribution >= 0.6 is 0 Å². The second kappa shape index (κ2) is 12.1. The van der Waals surface area contributed by atoms with Gasteiger partial charge >= 0.3 is 5.97 Å². The highest BCUT2D eigenvalue weighted by molar-refractivity contribution is 5.65. The summed E-state index contributed by atoms with van der Waals surface area (Å²) in [7, 11) is 0. The van der Waals surface area contributed by atoms with Crippen LogP contribution in [0.4, 0.5) is 0 Å².